The van der Waals surface area contributed by atoms with Gasteiger partial charge in [-0.05, 0) is 31.2 Å². The van der Waals surface area contributed by atoms with E-state index in [2.05, 4.69) is 10.3 Å². The van der Waals surface area contributed by atoms with Crippen molar-refractivity contribution in [1.29, 1.82) is 0 Å². The summed E-state index contributed by atoms with van der Waals surface area (Å²) in [6, 6.07) is 6.68. The Morgan fingerprint density at radius 1 is 1.27 bits per heavy atom. The van der Waals surface area contributed by atoms with E-state index in [9.17, 15) is 18.8 Å². The van der Waals surface area contributed by atoms with Crippen molar-refractivity contribution in [2.24, 2.45) is 0 Å². The third-order valence-electron chi connectivity index (χ3n) is 2.75. The average molecular weight is 304 g/mol. The number of esters is 1. The molecular weight excluding hydrogens is 291 g/mol. The Kier molecular flexibility index (Phi) is 4.67. The number of carbonyl (C=O) groups excluding carboxylic acids is 3. The molecule has 1 amide bonds. The highest BCUT2D eigenvalue weighted by molar-refractivity contribution is 5.98. The van der Waals surface area contributed by atoms with E-state index in [1.165, 1.54) is 37.4 Å². The number of ketones is 1. The van der Waals surface area contributed by atoms with E-state index in [4.69, 9.17) is 4.74 Å². The molecular formula is C15H13FN2O4. The van der Waals surface area contributed by atoms with Gasteiger partial charge in [0.25, 0.3) is 5.91 Å². The number of carbonyl (C=O) groups is 3. The number of anilines is 1. The molecule has 2 N–H and O–H groups in total. The number of ether oxygens (including phenoxy) is 1. The minimum atomic E-state index is -0.762. The van der Waals surface area contributed by atoms with Crippen molar-refractivity contribution >= 4 is 23.3 Å². The van der Waals surface area contributed by atoms with Crippen molar-refractivity contribution in [1.82, 2.24) is 4.98 Å². The first-order chi connectivity index (χ1) is 10.5. The fourth-order valence-corrected chi connectivity index (χ4v) is 1.69. The molecule has 0 aliphatic carbocycles. The van der Waals surface area contributed by atoms with E-state index < -0.39 is 24.3 Å². The van der Waals surface area contributed by atoms with Crippen LogP contribution in [0.15, 0.2) is 36.5 Å². The van der Waals surface area contributed by atoms with Gasteiger partial charge >= 0.3 is 5.97 Å². The number of hydrogen-bond donors (Lipinski definition) is 2. The van der Waals surface area contributed by atoms with Crippen LogP contribution in [0, 0.1) is 5.82 Å². The van der Waals surface area contributed by atoms with Crippen LogP contribution in [0.4, 0.5) is 10.1 Å². The van der Waals surface area contributed by atoms with Crippen LogP contribution in [0.5, 0.6) is 0 Å². The largest absolute Gasteiger partial charge is 0.451 e. The molecule has 0 spiro atoms. The molecule has 0 unspecified atom stereocenters. The third kappa shape index (κ3) is 4.02. The summed E-state index contributed by atoms with van der Waals surface area (Å²) >= 11 is 0. The quantitative estimate of drug-likeness (QED) is 0.654. The maximum absolute atomic E-state index is 13.0. The Hall–Kier alpha value is -2.96. The van der Waals surface area contributed by atoms with Gasteiger partial charge in [0.15, 0.2) is 12.4 Å². The summed E-state index contributed by atoms with van der Waals surface area (Å²) in [7, 11) is 0. The molecule has 2 aromatic rings. The lowest BCUT2D eigenvalue weighted by Gasteiger charge is -2.05. The van der Waals surface area contributed by atoms with Crippen molar-refractivity contribution in [2.75, 3.05) is 11.9 Å². The molecule has 0 atom stereocenters. The van der Waals surface area contributed by atoms with Gasteiger partial charge in [-0.15, -0.1) is 0 Å². The van der Waals surface area contributed by atoms with Gasteiger partial charge in [-0.2, -0.15) is 0 Å². The molecule has 0 aliphatic heterocycles. The van der Waals surface area contributed by atoms with Crippen LogP contribution in [0.2, 0.25) is 0 Å². The highest BCUT2D eigenvalue weighted by Crippen LogP contribution is 2.09. The third-order valence-corrected chi connectivity index (χ3v) is 2.75. The molecule has 1 aromatic heterocycles. The molecule has 0 fully saturated rings. The smallest absolute Gasteiger partial charge is 0.355 e. The second-order valence-corrected chi connectivity index (χ2v) is 4.49. The Bertz CT molecular complexity index is 724. The molecule has 6 nitrogen and oxygen atoms in total. The molecule has 7 heteroatoms. The number of amides is 1. The number of H-pyrrole nitrogens is 1. The van der Waals surface area contributed by atoms with Crippen LogP contribution in [-0.4, -0.2) is 29.3 Å². The zero-order valence-electron chi connectivity index (χ0n) is 11.7. The summed E-state index contributed by atoms with van der Waals surface area (Å²) in [5.74, 6) is -2.05. The van der Waals surface area contributed by atoms with Crippen molar-refractivity contribution < 1.29 is 23.5 Å². The number of nitrogens with one attached hydrogen (secondary N) is 2. The zero-order valence-corrected chi connectivity index (χ0v) is 11.7. The van der Waals surface area contributed by atoms with Crippen LogP contribution in [-0.2, 0) is 9.53 Å². The van der Waals surface area contributed by atoms with Crippen molar-refractivity contribution in [2.45, 2.75) is 6.92 Å². The summed E-state index contributed by atoms with van der Waals surface area (Å²) in [4.78, 5) is 37.0. The fourth-order valence-electron chi connectivity index (χ4n) is 1.69. The van der Waals surface area contributed by atoms with Gasteiger partial charge in [-0.25, -0.2) is 9.18 Å². The van der Waals surface area contributed by atoms with E-state index in [0.717, 1.165) is 6.07 Å². The maximum Gasteiger partial charge on any atom is 0.355 e. The molecule has 0 bridgehead atoms. The number of hydrogen-bond acceptors (Lipinski definition) is 4. The minimum Gasteiger partial charge on any atom is -0.451 e. The van der Waals surface area contributed by atoms with Crippen molar-refractivity contribution in [3.05, 3.63) is 53.6 Å². The highest BCUT2D eigenvalue weighted by Gasteiger charge is 2.14. The SMILES string of the molecule is CC(=O)c1c[nH]c(C(=O)OCC(=O)Nc2cccc(F)c2)c1. The second kappa shape index (κ2) is 6.66. The Balaban J connectivity index is 1.87. The van der Waals surface area contributed by atoms with Gasteiger partial charge in [0.2, 0.25) is 0 Å². The van der Waals surface area contributed by atoms with Crippen LogP contribution >= 0.6 is 0 Å². The fraction of sp³-hybridized carbons (Fsp3) is 0.133. The maximum atomic E-state index is 13.0. The molecule has 1 aromatic carbocycles. The number of aromatic amines is 1. The minimum absolute atomic E-state index is 0.0729. The molecule has 2 rings (SSSR count). The molecule has 114 valence electrons. The first-order valence-corrected chi connectivity index (χ1v) is 6.37. The monoisotopic (exact) mass is 304 g/mol. The van der Waals surface area contributed by atoms with E-state index in [1.807, 2.05) is 0 Å². The van der Waals surface area contributed by atoms with Crippen LogP contribution in [0.3, 0.4) is 0 Å². The van der Waals surface area contributed by atoms with E-state index in [1.54, 1.807) is 0 Å². The van der Waals surface area contributed by atoms with E-state index in [-0.39, 0.29) is 17.2 Å². The first-order valence-electron chi connectivity index (χ1n) is 6.37. The molecule has 0 aliphatic rings. The highest BCUT2D eigenvalue weighted by atomic mass is 19.1. The predicted molar refractivity (Wildman–Crippen MR) is 76.1 cm³/mol. The zero-order chi connectivity index (χ0) is 16.1. The number of rotatable bonds is 5. The molecule has 0 saturated carbocycles. The average Bonchev–Trinajstić information content (AvgIpc) is 2.95. The van der Waals surface area contributed by atoms with Gasteiger partial charge in [-0.1, -0.05) is 6.07 Å². The Morgan fingerprint density at radius 3 is 2.68 bits per heavy atom. The molecule has 0 saturated heterocycles. The Labute approximate surface area is 125 Å². The second-order valence-electron chi connectivity index (χ2n) is 4.49. The standard InChI is InChI=1S/C15H13FN2O4/c1-9(19)10-5-13(17-7-10)15(21)22-8-14(20)18-12-4-2-3-11(16)6-12/h2-7,17H,8H2,1H3,(H,18,20). The lowest BCUT2D eigenvalue weighted by molar-refractivity contribution is -0.119. The van der Waals surface area contributed by atoms with E-state index in [0.29, 0.717) is 5.56 Å². The number of benzene rings is 1. The van der Waals surface area contributed by atoms with Crippen molar-refractivity contribution in [3.8, 4) is 0 Å². The first kappa shape index (κ1) is 15.4. The summed E-state index contributed by atoms with van der Waals surface area (Å²) in [6.07, 6.45) is 1.38. The topological polar surface area (TPSA) is 88.3 Å². The number of halogens is 1. The van der Waals surface area contributed by atoms with Gasteiger partial charge in [-0.3, -0.25) is 9.59 Å². The van der Waals surface area contributed by atoms with Gasteiger partial charge in [0.05, 0.1) is 0 Å². The summed E-state index contributed by atoms with van der Waals surface area (Å²) in [5, 5.41) is 2.39. The van der Waals surface area contributed by atoms with Gasteiger partial charge < -0.3 is 15.0 Å². The predicted octanol–water partition coefficient (Wildman–Crippen LogP) is 2.15. The lowest BCUT2D eigenvalue weighted by atomic mass is 10.2. The van der Waals surface area contributed by atoms with Crippen LogP contribution < -0.4 is 5.32 Å². The van der Waals surface area contributed by atoms with Crippen molar-refractivity contribution in [3.63, 3.8) is 0 Å². The lowest BCUT2D eigenvalue weighted by Crippen LogP contribution is -2.21. The molecule has 1 heterocycles. The number of aromatic nitrogens is 1. The van der Waals surface area contributed by atoms with Gasteiger partial charge in [0.1, 0.15) is 11.5 Å². The molecule has 22 heavy (non-hydrogen) atoms. The van der Waals surface area contributed by atoms with E-state index >= 15 is 0 Å². The molecule has 0 radical (unpaired) electrons. The normalized spacial score (nSPS) is 10.1. The van der Waals surface area contributed by atoms with Crippen LogP contribution in [0.25, 0.3) is 0 Å². The number of Topliss-reactive ketones (excluding diaryl/α,β-unsaturated/α-hetero) is 1. The Morgan fingerprint density at radius 2 is 2.05 bits per heavy atom. The van der Waals surface area contributed by atoms with Gasteiger partial charge in [0, 0.05) is 17.4 Å². The van der Waals surface area contributed by atoms with Crippen LogP contribution in [0.1, 0.15) is 27.8 Å². The summed E-state index contributed by atoms with van der Waals surface area (Å²) in [5.41, 5.74) is 0.680. The summed E-state index contributed by atoms with van der Waals surface area (Å²) in [6.45, 7) is 0.842. The summed E-state index contributed by atoms with van der Waals surface area (Å²) < 4.78 is 17.8.